The summed E-state index contributed by atoms with van der Waals surface area (Å²) in [7, 11) is 0. The van der Waals surface area contributed by atoms with E-state index in [1.165, 1.54) is 12.1 Å². The molecule has 0 unspecified atom stereocenters. The fraction of sp³-hybridized carbons (Fsp3) is 0.133. The van der Waals surface area contributed by atoms with Gasteiger partial charge >= 0.3 is 0 Å². The lowest BCUT2D eigenvalue weighted by molar-refractivity contribution is 0.202. The molecule has 4 N–H and O–H groups in total. The van der Waals surface area contributed by atoms with Gasteiger partial charge < -0.3 is 29.6 Å². The molecule has 0 fully saturated rings. The molecule has 7 heteroatoms. The summed E-state index contributed by atoms with van der Waals surface area (Å²) in [5.41, 5.74) is -0.360. The van der Waals surface area contributed by atoms with Gasteiger partial charge in [0.1, 0.15) is 34.7 Å². The number of fused-ring (bicyclic) bond motifs is 2. The Hall–Kier alpha value is -2.93. The SMILES string of the molecule is O=c1c2cc(O)c(O)cc2oc2cc(O)cc(OCCO)c12. The van der Waals surface area contributed by atoms with Gasteiger partial charge in [-0.05, 0) is 6.07 Å². The molecule has 0 saturated carbocycles. The van der Waals surface area contributed by atoms with E-state index in [-0.39, 0.29) is 46.7 Å². The maximum Gasteiger partial charge on any atom is 0.204 e. The molecule has 0 spiro atoms. The highest BCUT2D eigenvalue weighted by atomic mass is 16.5. The highest BCUT2D eigenvalue weighted by Crippen LogP contribution is 2.34. The topological polar surface area (TPSA) is 120 Å². The zero-order valence-corrected chi connectivity index (χ0v) is 11.2. The molecular weight excluding hydrogens is 292 g/mol. The number of aliphatic hydroxyl groups is 1. The van der Waals surface area contributed by atoms with E-state index < -0.39 is 16.9 Å². The second-order valence-electron chi connectivity index (χ2n) is 4.66. The van der Waals surface area contributed by atoms with Crippen molar-refractivity contribution in [1.29, 1.82) is 0 Å². The number of phenolic OH excluding ortho intramolecular Hbond substituents is 3. The number of aromatic hydroxyl groups is 3. The molecule has 0 bridgehead atoms. The number of hydrogen-bond acceptors (Lipinski definition) is 7. The summed E-state index contributed by atoms with van der Waals surface area (Å²) in [5.74, 6) is -0.985. The molecule has 0 amide bonds. The van der Waals surface area contributed by atoms with Gasteiger partial charge in [-0.25, -0.2) is 0 Å². The van der Waals surface area contributed by atoms with Crippen molar-refractivity contribution in [2.24, 2.45) is 0 Å². The van der Waals surface area contributed by atoms with Crippen LogP contribution < -0.4 is 10.2 Å². The Morgan fingerprint density at radius 1 is 1.00 bits per heavy atom. The van der Waals surface area contributed by atoms with Gasteiger partial charge in [0, 0.05) is 18.2 Å². The van der Waals surface area contributed by atoms with Crippen molar-refractivity contribution >= 4 is 21.9 Å². The third-order valence-corrected chi connectivity index (χ3v) is 3.17. The molecule has 2 aromatic carbocycles. The van der Waals surface area contributed by atoms with E-state index in [4.69, 9.17) is 14.3 Å². The van der Waals surface area contributed by atoms with E-state index in [0.29, 0.717) is 0 Å². The predicted octanol–water partition coefficient (Wildman–Crippen LogP) is 1.43. The molecule has 0 saturated heterocycles. The standard InChI is InChI=1S/C15H12O7/c16-1-2-21-12-3-7(17)4-13-14(12)15(20)8-5-9(18)10(19)6-11(8)22-13/h3-6,16-19H,1-2H2. The van der Waals surface area contributed by atoms with Crippen LogP contribution in [0.5, 0.6) is 23.0 Å². The predicted molar refractivity (Wildman–Crippen MR) is 77.6 cm³/mol. The molecule has 1 heterocycles. The van der Waals surface area contributed by atoms with Crippen molar-refractivity contribution in [2.75, 3.05) is 13.2 Å². The lowest BCUT2D eigenvalue weighted by atomic mass is 10.1. The van der Waals surface area contributed by atoms with Gasteiger partial charge in [-0.15, -0.1) is 0 Å². The molecule has 3 aromatic rings. The molecule has 3 rings (SSSR count). The second kappa shape index (κ2) is 5.12. The van der Waals surface area contributed by atoms with Gasteiger partial charge in [0.15, 0.2) is 11.5 Å². The average molecular weight is 304 g/mol. The fourth-order valence-electron chi connectivity index (χ4n) is 2.22. The number of benzene rings is 2. The van der Waals surface area contributed by atoms with Crippen molar-refractivity contribution in [2.45, 2.75) is 0 Å². The van der Waals surface area contributed by atoms with Crippen molar-refractivity contribution < 1.29 is 29.6 Å². The maximum atomic E-state index is 12.6. The Kier molecular flexibility index (Phi) is 3.26. The number of ether oxygens (including phenoxy) is 1. The first-order valence-electron chi connectivity index (χ1n) is 6.40. The molecule has 22 heavy (non-hydrogen) atoms. The number of aliphatic hydroxyl groups excluding tert-OH is 1. The highest BCUT2D eigenvalue weighted by molar-refractivity contribution is 5.95. The summed E-state index contributed by atoms with van der Waals surface area (Å²) in [5, 5.41) is 37.7. The van der Waals surface area contributed by atoms with Crippen LogP contribution in [-0.4, -0.2) is 33.6 Å². The molecule has 7 nitrogen and oxygen atoms in total. The van der Waals surface area contributed by atoms with E-state index in [9.17, 15) is 20.1 Å². The first-order valence-corrected chi connectivity index (χ1v) is 6.40. The first-order chi connectivity index (χ1) is 10.5. The molecular formula is C15H12O7. The van der Waals surface area contributed by atoms with Gasteiger partial charge in [-0.1, -0.05) is 0 Å². The van der Waals surface area contributed by atoms with Crippen LogP contribution in [0.2, 0.25) is 0 Å². The van der Waals surface area contributed by atoms with Gasteiger partial charge in [-0.3, -0.25) is 4.79 Å². The van der Waals surface area contributed by atoms with Crippen LogP contribution >= 0.6 is 0 Å². The van der Waals surface area contributed by atoms with Crippen molar-refractivity contribution in [3.63, 3.8) is 0 Å². The first kappa shape index (κ1) is 14.0. The Morgan fingerprint density at radius 2 is 1.73 bits per heavy atom. The minimum absolute atomic E-state index is 0.0577. The average Bonchev–Trinajstić information content (AvgIpc) is 2.46. The van der Waals surface area contributed by atoms with Crippen molar-refractivity contribution in [3.8, 4) is 23.0 Å². The van der Waals surface area contributed by atoms with Crippen LogP contribution in [0.15, 0.2) is 33.5 Å². The van der Waals surface area contributed by atoms with Gasteiger partial charge in [-0.2, -0.15) is 0 Å². The Balaban J connectivity index is 2.41. The quantitative estimate of drug-likeness (QED) is 0.426. The molecule has 0 aliphatic heterocycles. The van der Waals surface area contributed by atoms with Gasteiger partial charge in [0.25, 0.3) is 0 Å². The smallest absolute Gasteiger partial charge is 0.204 e. The van der Waals surface area contributed by atoms with E-state index in [1.807, 2.05) is 0 Å². The van der Waals surface area contributed by atoms with E-state index in [1.54, 1.807) is 0 Å². The third-order valence-electron chi connectivity index (χ3n) is 3.17. The van der Waals surface area contributed by atoms with Crippen LogP contribution in [0.3, 0.4) is 0 Å². The summed E-state index contributed by atoms with van der Waals surface area (Å²) in [6.45, 7) is -0.318. The number of hydrogen-bond donors (Lipinski definition) is 4. The zero-order chi connectivity index (χ0) is 15.9. The monoisotopic (exact) mass is 304 g/mol. The van der Waals surface area contributed by atoms with Crippen LogP contribution in [0.25, 0.3) is 21.9 Å². The van der Waals surface area contributed by atoms with Gasteiger partial charge in [0.05, 0.1) is 12.0 Å². The Labute approximate surface area is 123 Å². The second-order valence-corrected chi connectivity index (χ2v) is 4.66. The Bertz CT molecular complexity index is 927. The summed E-state index contributed by atoms with van der Waals surface area (Å²) in [4.78, 5) is 12.6. The van der Waals surface area contributed by atoms with Crippen LogP contribution in [-0.2, 0) is 0 Å². The maximum absolute atomic E-state index is 12.6. The zero-order valence-electron chi connectivity index (χ0n) is 11.2. The van der Waals surface area contributed by atoms with Crippen molar-refractivity contribution in [3.05, 3.63) is 34.5 Å². The summed E-state index contributed by atoms with van der Waals surface area (Å²) >= 11 is 0. The van der Waals surface area contributed by atoms with E-state index in [0.717, 1.165) is 12.1 Å². The minimum Gasteiger partial charge on any atom is -0.508 e. The molecule has 114 valence electrons. The van der Waals surface area contributed by atoms with Crippen LogP contribution in [0, 0.1) is 0 Å². The molecule has 0 aliphatic carbocycles. The lowest BCUT2D eigenvalue weighted by Crippen LogP contribution is -2.07. The van der Waals surface area contributed by atoms with E-state index >= 15 is 0 Å². The normalized spacial score (nSPS) is 11.1. The lowest BCUT2D eigenvalue weighted by Gasteiger charge is -2.09. The fourth-order valence-corrected chi connectivity index (χ4v) is 2.22. The highest BCUT2D eigenvalue weighted by Gasteiger charge is 2.16. The summed E-state index contributed by atoms with van der Waals surface area (Å²) < 4.78 is 10.7. The van der Waals surface area contributed by atoms with Crippen LogP contribution in [0.1, 0.15) is 0 Å². The van der Waals surface area contributed by atoms with E-state index in [2.05, 4.69) is 0 Å². The number of rotatable bonds is 3. The largest absolute Gasteiger partial charge is 0.508 e. The Morgan fingerprint density at radius 3 is 2.45 bits per heavy atom. The summed E-state index contributed by atoms with van der Waals surface area (Å²) in [6.07, 6.45) is 0. The molecule has 0 aliphatic rings. The molecule has 0 atom stereocenters. The molecule has 1 aromatic heterocycles. The summed E-state index contributed by atoms with van der Waals surface area (Å²) in [6, 6.07) is 4.69. The molecule has 0 radical (unpaired) electrons. The van der Waals surface area contributed by atoms with Gasteiger partial charge in [0.2, 0.25) is 5.43 Å². The van der Waals surface area contributed by atoms with Crippen molar-refractivity contribution in [1.82, 2.24) is 0 Å². The third kappa shape index (κ3) is 2.17. The minimum atomic E-state index is -0.487. The number of phenols is 3. The van der Waals surface area contributed by atoms with Crippen LogP contribution in [0.4, 0.5) is 0 Å².